The number of hydrogen-bond donors (Lipinski definition) is 2. The van der Waals surface area contributed by atoms with Crippen LogP contribution in [0.15, 0.2) is 36.4 Å². The Hall–Kier alpha value is -2.90. The number of ether oxygens (including phenoxy) is 2. The number of carbonyl (C=O) groups is 2. The fraction of sp³-hybridized carbons (Fsp3) is 0.125. The van der Waals surface area contributed by atoms with E-state index in [-0.39, 0.29) is 45.4 Å². The Morgan fingerprint density at radius 1 is 0.960 bits per heavy atom. The molecule has 9 heteroatoms. The third-order valence-corrected chi connectivity index (χ3v) is 2.87. The van der Waals surface area contributed by atoms with E-state index in [9.17, 15) is 24.9 Å². The van der Waals surface area contributed by atoms with Gasteiger partial charge in [0.1, 0.15) is 11.3 Å². The average molecular weight is 398 g/mol. The third-order valence-electron chi connectivity index (χ3n) is 2.87. The molecule has 2 aromatic rings. The molecule has 0 saturated carbocycles. The normalized spacial score (nSPS) is 9.04. The van der Waals surface area contributed by atoms with Gasteiger partial charge in [-0.15, -0.1) is 0 Å². The fourth-order valence-electron chi connectivity index (χ4n) is 1.70. The first kappa shape index (κ1) is 22.1. The third kappa shape index (κ3) is 5.59. The van der Waals surface area contributed by atoms with Crippen molar-refractivity contribution in [3.05, 3.63) is 47.5 Å². The van der Waals surface area contributed by atoms with E-state index in [2.05, 4.69) is 4.74 Å². The van der Waals surface area contributed by atoms with Gasteiger partial charge in [0.2, 0.25) is 0 Å². The molecule has 137 valence electrons. The van der Waals surface area contributed by atoms with Gasteiger partial charge < -0.3 is 34.7 Å². The van der Waals surface area contributed by atoms with E-state index in [4.69, 9.17) is 9.84 Å². The number of carbonyl (C=O) groups excluding carboxylic acids is 1. The van der Waals surface area contributed by atoms with E-state index in [1.54, 1.807) is 0 Å². The minimum absolute atomic E-state index is 0. The smallest absolute Gasteiger partial charge is 0.870 e. The number of carboxylic acid groups (broad SMARTS) is 2. The largest absolute Gasteiger partial charge is 2.00 e. The maximum Gasteiger partial charge on any atom is 2.00 e. The molecule has 0 bridgehead atoms. The summed E-state index contributed by atoms with van der Waals surface area (Å²) in [4.78, 5) is 20.8. The average Bonchev–Trinajstić information content (AvgIpc) is 2.55. The Morgan fingerprint density at radius 2 is 1.44 bits per heavy atom. The Balaban J connectivity index is 0.000000443. The van der Waals surface area contributed by atoms with Crippen LogP contribution in [-0.2, 0) is 17.1 Å². The number of methoxy groups -OCH3 is 2. The summed E-state index contributed by atoms with van der Waals surface area (Å²) in [6.07, 6.45) is 0. The second-order valence-electron chi connectivity index (χ2n) is 4.29. The van der Waals surface area contributed by atoms with E-state index >= 15 is 0 Å². The zero-order valence-corrected chi connectivity index (χ0v) is 14.1. The van der Waals surface area contributed by atoms with Crippen LogP contribution in [0.3, 0.4) is 0 Å². The van der Waals surface area contributed by atoms with E-state index in [0.29, 0.717) is 0 Å². The maximum absolute atomic E-state index is 11.1. The van der Waals surface area contributed by atoms with Crippen LogP contribution in [0.2, 0.25) is 0 Å². The fourth-order valence-corrected chi connectivity index (χ4v) is 1.70. The molecule has 1 radical (unpaired) electrons. The molecule has 0 aliphatic heterocycles. The molecule has 0 heterocycles. The van der Waals surface area contributed by atoms with Gasteiger partial charge >= 0.3 is 23.0 Å². The first-order valence-electron chi connectivity index (χ1n) is 6.48. The monoisotopic (exact) mass is 397 g/mol. The van der Waals surface area contributed by atoms with Crippen molar-refractivity contribution in [2.75, 3.05) is 14.2 Å². The van der Waals surface area contributed by atoms with E-state index in [0.717, 1.165) is 0 Å². The molecule has 0 fully saturated rings. The summed E-state index contributed by atoms with van der Waals surface area (Å²) >= 11 is 0. The first-order valence-corrected chi connectivity index (χ1v) is 6.48. The van der Waals surface area contributed by atoms with Gasteiger partial charge in [-0.3, -0.25) is 0 Å². The second kappa shape index (κ2) is 10.1. The molecule has 0 aliphatic rings. The Kier molecular flexibility index (Phi) is 8.90. The standard InChI is InChI=1S/2C8H8O4.Cu/c2*1-12-6-4-2-3-5(7(6)9)8(10)11;/h2*2-4,9H,1H3,(H,10,11);/q;;+2/p-2. The molecule has 0 aromatic heterocycles. The molecule has 2 rings (SSSR count). The number of para-hydroxylation sites is 2. The molecule has 2 N–H and O–H groups in total. The summed E-state index contributed by atoms with van der Waals surface area (Å²) in [7, 11) is 2.66. The molecule has 0 aliphatic carbocycles. The number of benzene rings is 2. The van der Waals surface area contributed by atoms with Crippen LogP contribution in [0.5, 0.6) is 23.0 Å². The summed E-state index contributed by atoms with van der Waals surface area (Å²) in [5.41, 5.74) is -0.538. The minimum Gasteiger partial charge on any atom is -0.870 e. The summed E-state index contributed by atoms with van der Waals surface area (Å²) < 4.78 is 9.35. The van der Waals surface area contributed by atoms with Crippen molar-refractivity contribution in [2.45, 2.75) is 0 Å². The van der Waals surface area contributed by atoms with Gasteiger partial charge in [0.05, 0.1) is 20.2 Å². The Labute approximate surface area is 153 Å². The van der Waals surface area contributed by atoms with Gasteiger partial charge in [-0.2, -0.15) is 0 Å². The van der Waals surface area contributed by atoms with Crippen molar-refractivity contribution >= 4 is 11.9 Å². The van der Waals surface area contributed by atoms with Crippen molar-refractivity contribution in [2.24, 2.45) is 0 Å². The molecule has 0 saturated heterocycles. The molecule has 0 unspecified atom stereocenters. The van der Waals surface area contributed by atoms with E-state index in [1.807, 2.05) is 0 Å². The van der Waals surface area contributed by atoms with Crippen LogP contribution in [-0.4, -0.2) is 36.4 Å². The first-order chi connectivity index (χ1) is 11.3. The van der Waals surface area contributed by atoms with Crippen molar-refractivity contribution in [1.82, 2.24) is 0 Å². The molecule has 25 heavy (non-hydrogen) atoms. The van der Waals surface area contributed by atoms with E-state index in [1.165, 1.54) is 50.6 Å². The van der Waals surface area contributed by atoms with Crippen LogP contribution in [0.25, 0.3) is 0 Å². The SMILES string of the molecule is COc1cccc(C(=O)O)c1O.COc1cccc(C(=O)[O-])c1[O-].[Cu+2]. The molecular weight excluding hydrogens is 384 g/mol. The number of aromatic hydroxyl groups is 1. The van der Waals surface area contributed by atoms with Crippen molar-refractivity contribution in [3.63, 3.8) is 0 Å². The van der Waals surface area contributed by atoms with Crippen LogP contribution < -0.4 is 19.7 Å². The van der Waals surface area contributed by atoms with Gasteiger partial charge in [-0.05, 0) is 23.8 Å². The Bertz CT molecular complexity index is 681. The van der Waals surface area contributed by atoms with Gasteiger partial charge in [0, 0.05) is 0 Å². The predicted octanol–water partition coefficient (Wildman–Crippen LogP) is 0.229. The second-order valence-corrected chi connectivity index (χ2v) is 4.29. The predicted molar refractivity (Wildman–Crippen MR) is 78.4 cm³/mol. The van der Waals surface area contributed by atoms with Crippen LogP contribution >= 0.6 is 0 Å². The molecule has 2 aromatic carbocycles. The van der Waals surface area contributed by atoms with Gasteiger partial charge in [-0.25, -0.2) is 4.79 Å². The summed E-state index contributed by atoms with van der Waals surface area (Å²) in [5, 5.41) is 39.2. The minimum atomic E-state index is -1.49. The van der Waals surface area contributed by atoms with Crippen molar-refractivity contribution in [3.8, 4) is 23.0 Å². The quantitative estimate of drug-likeness (QED) is 0.699. The summed E-state index contributed by atoms with van der Waals surface area (Å²) in [6.45, 7) is 0. The van der Waals surface area contributed by atoms with Crippen LogP contribution in [0.1, 0.15) is 20.7 Å². The Morgan fingerprint density at radius 3 is 1.88 bits per heavy atom. The number of rotatable bonds is 4. The van der Waals surface area contributed by atoms with Crippen molar-refractivity contribution in [1.29, 1.82) is 0 Å². The topological polar surface area (TPSA) is 139 Å². The summed E-state index contributed by atoms with van der Waals surface area (Å²) in [6, 6.07) is 8.30. The van der Waals surface area contributed by atoms with Gasteiger partial charge in [0.15, 0.2) is 11.5 Å². The molecule has 0 amide bonds. The molecule has 0 spiro atoms. The molecule has 8 nitrogen and oxygen atoms in total. The summed E-state index contributed by atoms with van der Waals surface area (Å²) in [5.74, 6) is -3.48. The van der Waals surface area contributed by atoms with Gasteiger partial charge in [-0.1, -0.05) is 23.9 Å². The van der Waals surface area contributed by atoms with E-state index < -0.39 is 17.7 Å². The molecular formula is C16H14CuO8. The van der Waals surface area contributed by atoms with Crippen LogP contribution in [0, 0.1) is 0 Å². The number of phenols is 1. The number of carboxylic acids is 2. The van der Waals surface area contributed by atoms with Crippen LogP contribution in [0.4, 0.5) is 0 Å². The van der Waals surface area contributed by atoms with Gasteiger partial charge in [0.25, 0.3) is 0 Å². The molecule has 0 atom stereocenters. The zero-order chi connectivity index (χ0) is 18.3. The number of aromatic carboxylic acids is 2. The van der Waals surface area contributed by atoms with Crippen molar-refractivity contribution < 1.29 is 56.6 Å². The zero-order valence-electron chi connectivity index (χ0n) is 13.1. The maximum atomic E-state index is 11.1. The number of hydrogen-bond acceptors (Lipinski definition) is 7.